The Morgan fingerprint density at radius 3 is 1.03 bits per heavy atom. The van der Waals surface area contributed by atoms with Crippen LogP contribution in [0.4, 0.5) is 26.3 Å². The van der Waals surface area contributed by atoms with Crippen LogP contribution in [0.3, 0.4) is 0 Å². The summed E-state index contributed by atoms with van der Waals surface area (Å²) in [5.41, 5.74) is 16.0. The molecule has 137 heavy (non-hydrogen) atoms. The van der Waals surface area contributed by atoms with Gasteiger partial charge in [0.25, 0.3) is 22.2 Å². The highest BCUT2D eigenvalue weighted by Crippen LogP contribution is 2.46. The molecule has 0 unspecified atom stereocenters. The molecule has 710 valence electrons. The average molecular weight is 1860 g/mol. The van der Waals surface area contributed by atoms with E-state index in [-0.39, 0.29) is 70.7 Å². The fourth-order valence-corrected chi connectivity index (χ4v) is 21.3. The van der Waals surface area contributed by atoms with Crippen molar-refractivity contribution >= 4 is 44.1 Å². The molecule has 13 aromatic heterocycles. The van der Waals surface area contributed by atoms with Gasteiger partial charge in [0.1, 0.15) is 100 Å². The number of nitrogens with zero attached hydrogens (tertiary/aromatic N) is 17. The number of aromatic nitrogens is 13. The van der Waals surface area contributed by atoms with Crippen molar-refractivity contribution in [2.24, 2.45) is 28.2 Å². The van der Waals surface area contributed by atoms with E-state index in [1.807, 2.05) is 60.7 Å². The molecule has 4 fully saturated rings. The second-order valence-corrected chi connectivity index (χ2v) is 36.0. The van der Waals surface area contributed by atoms with Gasteiger partial charge < -0.3 is 32.5 Å². The Bertz CT molecular complexity index is 7430. The van der Waals surface area contributed by atoms with Crippen molar-refractivity contribution in [3.8, 4) is 51.6 Å². The van der Waals surface area contributed by atoms with Crippen LogP contribution in [-0.2, 0) is 80.4 Å². The topological polar surface area (TPSA) is 213 Å². The second-order valence-electron chi connectivity index (χ2n) is 36.0. The number of pyridine rings is 9. The highest BCUT2D eigenvalue weighted by atomic mass is 19.4. The lowest BCUT2D eigenvalue weighted by Crippen LogP contribution is -2.29. The lowest BCUT2D eigenvalue weighted by Gasteiger charge is -2.27. The predicted molar refractivity (Wildman–Crippen MR) is 522 cm³/mol. The van der Waals surface area contributed by atoms with Crippen LogP contribution in [0.1, 0.15) is 172 Å². The third-order valence-corrected chi connectivity index (χ3v) is 28.1. The number of hydrogen-bond donors (Lipinski definition) is 0. The van der Waals surface area contributed by atoms with Gasteiger partial charge >= 0.3 is 6.18 Å². The van der Waals surface area contributed by atoms with E-state index in [2.05, 4.69) is 95.3 Å². The van der Waals surface area contributed by atoms with Gasteiger partial charge in [-0.25, -0.2) is 33.1 Å². The Morgan fingerprint density at radius 2 is 0.693 bits per heavy atom. The zero-order valence-corrected chi connectivity index (χ0v) is 74.0. The van der Waals surface area contributed by atoms with E-state index in [0.29, 0.717) is 87.6 Å². The third-order valence-electron chi connectivity index (χ3n) is 28.1. The number of hydrogen-bond acceptors (Lipinski definition) is 16. The predicted octanol–water partition coefficient (Wildman–Crippen LogP) is 19.4. The molecule has 0 spiro atoms. The third kappa shape index (κ3) is 18.6. The second kappa shape index (κ2) is 39.1. The maximum Gasteiger partial charge on any atom is 0.416 e. The summed E-state index contributed by atoms with van der Waals surface area (Å²) in [4.78, 5) is 85.0. The van der Waals surface area contributed by atoms with Gasteiger partial charge in [-0.3, -0.25) is 62.0 Å². The van der Waals surface area contributed by atoms with Crippen molar-refractivity contribution in [1.82, 2.24) is 81.1 Å². The molecule has 12 aliphatic heterocycles. The van der Waals surface area contributed by atoms with Crippen LogP contribution >= 0.6 is 0 Å². The minimum Gasteiger partial charge on any atom is -0.489 e. The van der Waals surface area contributed by atoms with Crippen LogP contribution in [0.15, 0.2) is 232 Å². The van der Waals surface area contributed by atoms with Crippen LogP contribution in [0, 0.1) is 17.5 Å². The van der Waals surface area contributed by atoms with E-state index in [1.54, 1.807) is 53.6 Å². The number of alkyl halides is 3. The molecule has 0 N–H and O–H groups in total. The van der Waals surface area contributed by atoms with Crippen molar-refractivity contribution in [2.75, 3.05) is 52.4 Å². The summed E-state index contributed by atoms with van der Waals surface area (Å²) in [7, 11) is 8.34. The van der Waals surface area contributed by atoms with Crippen LogP contribution in [0.25, 0.3) is 78.5 Å². The summed E-state index contributed by atoms with van der Waals surface area (Å²) in [6.07, 6.45) is 12.9. The molecule has 0 radical (unpaired) electrons. The van der Waals surface area contributed by atoms with E-state index < -0.39 is 29.2 Å². The molecule has 3 aromatic carbocycles. The van der Waals surface area contributed by atoms with Gasteiger partial charge in [-0.2, -0.15) is 13.2 Å². The Labute approximate surface area is 789 Å². The monoisotopic (exact) mass is 1860 g/mol. The van der Waals surface area contributed by atoms with E-state index in [0.717, 1.165) is 142 Å². The minimum atomic E-state index is -4.39. The van der Waals surface area contributed by atoms with E-state index in [1.165, 1.54) is 176 Å². The first-order valence-corrected chi connectivity index (χ1v) is 45.4. The van der Waals surface area contributed by atoms with Crippen LogP contribution in [0.2, 0.25) is 0 Å². The summed E-state index contributed by atoms with van der Waals surface area (Å²) >= 11 is 0. The molecule has 28 rings (SSSR count). The SMILES string of the molecule is C.C.C.C.Cn1c2c(c3ccc(-n4ccc(-c5ccc(C(F)(F)F)cc5)cc4=O)nc31)CN1CCC2CC1.Cn1c2c(c3ccc(-n4ccc(OCc5ccc(F)cc5F)cc4=O)nc31)CN1CCC2CC1.Cn1c2c(c3ccc(-n4ccc(OCc5ccc(F)cn5)cc4=O)nc31)CN1CCC2CC1.Cn1c2c(c3ccc(-n4ccc(OCc5ccccc5)cc4=O)nc31)CN1CCC2CC1. The van der Waals surface area contributed by atoms with Crippen LogP contribution < -0.4 is 36.4 Å². The fraction of sp³-hybridized carbons (Fsp3) is 0.336. The number of ether oxygens (including phenoxy) is 3. The van der Waals surface area contributed by atoms with Gasteiger partial charge in [0.2, 0.25) is 0 Å². The maximum atomic E-state index is 13.8. The summed E-state index contributed by atoms with van der Waals surface area (Å²) in [6, 6.07) is 49.6. The van der Waals surface area contributed by atoms with Gasteiger partial charge in [0.05, 0.1) is 17.5 Å². The Balaban J connectivity index is 0.000000125. The lowest BCUT2D eigenvalue weighted by atomic mass is 9.94. The molecule has 0 saturated carbocycles. The fourth-order valence-electron chi connectivity index (χ4n) is 21.3. The number of aryl methyl sites for hydroxylation is 4. The van der Waals surface area contributed by atoms with Crippen LogP contribution in [0.5, 0.6) is 17.2 Å². The molecule has 25 heterocycles. The zero-order valence-electron chi connectivity index (χ0n) is 74.0. The normalized spacial score (nSPS) is 19.0. The highest BCUT2D eigenvalue weighted by Gasteiger charge is 2.38. The van der Waals surface area contributed by atoms with Crippen molar-refractivity contribution in [3.63, 3.8) is 0 Å². The summed E-state index contributed by atoms with van der Waals surface area (Å²) in [6.45, 7) is 13.6. The Hall–Kier alpha value is -13.8. The average Bonchev–Trinajstić information content (AvgIpc) is 1.61. The number of benzene rings is 3. The zero-order chi connectivity index (χ0) is 91.2. The van der Waals surface area contributed by atoms with Crippen molar-refractivity contribution in [1.29, 1.82) is 0 Å². The van der Waals surface area contributed by atoms with Gasteiger partial charge in [-0.05, 0) is 252 Å². The Kier molecular flexibility index (Phi) is 27.1. The molecular weight excluding hydrogens is 1750 g/mol. The molecule has 12 aliphatic rings. The quantitative estimate of drug-likeness (QED) is 0.0926. The number of fused-ring (bicyclic) bond motifs is 12. The van der Waals surface area contributed by atoms with Gasteiger partial charge in [-0.1, -0.05) is 72.2 Å². The first kappa shape index (κ1) is 94.9. The molecule has 0 amide bonds. The molecular formula is C107H113F6N17O7. The maximum absolute atomic E-state index is 13.8. The van der Waals surface area contributed by atoms with Crippen molar-refractivity contribution in [3.05, 3.63) is 339 Å². The molecule has 24 nitrogen and oxygen atoms in total. The molecule has 30 heteroatoms. The lowest BCUT2D eigenvalue weighted by molar-refractivity contribution is -0.137. The molecule has 16 aromatic rings. The largest absolute Gasteiger partial charge is 0.489 e. The summed E-state index contributed by atoms with van der Waals surface area (Å²) in [5.74, 6) is 4.14. The number of halogens is 6. The van der Waals surface area contributed by atoms with E-state index >= 15 is 0 Å². The van der Waals surface area contributed by atoms with Crippen LogP contribution in [-0.4, -0.2) is 133 Å². The number of rotatable bonds is 14. The van der Waals surface area contributed by atoms with Gasteiger partial charge in [-0.15, -0.1) is 0 Å². The van der Waals surface area contributed by atoms with E-state index in [4.69, 9.17) is 34.1 Å². The van der Waals surface area contributed by atoms with Crippen molar-refractivity contribution < 1.29 is 40.6 Å². The molecule has 0 aliphatic carbocycles. The number of piperidine rings is 4. The van der Waals surface area contributed by atoms with E-state index in [9.17, 15) is 45.5 Å². The van der Waals surface area contributed by atoms with Gasteiger partial charge in [0, 0.05) is 183 Å². The van der Waals surface area contributed by atoms with Gasteiger partial charge in [0.15, 0.2) is 0 Å². The van der Waals surface area contributed by atoms with Crippen molar-refractivity contribution in [2.45, 2.75) is 157 Å². The first-order chi connectivity index (χ1) is 64.5. The smallest absolute Gasteiger partial charge is 0.416 e. The summed E-state index contributed by atoms with van der Waals surface area (Å²) < 4.78 is 110. The first-order valence-electron chi connectivity index (χ1n) is 45.4. The molecule has 0 atom stereocenters. The summed E-state index contributed by atoms with van der Waals surface area (Å²) in [5, 5.41) is 4.67. The molecule has 8 bridgehead atoms. The standard InChI is InChI=1S/C26H23F3N4O.C26H24F2N4O2.C26H26N4O2.C25H24FN5O2.4CH4/c1-31-24-17-8-11-32(12-9-17)15-21(24)20-6-7-22(30-25(20)31)33-13-10-18(14-23(33)34)16-2-4-19(5-3-16)26(27,28)29;1-30-25-16-6-9-31(10-7-16)14-21(25)20-4-5-23(29-26(20)30)32-11-8-19(13-24(32)33)34-15-17-2-3-18(27)12-22(17)28;1-28-25-19-9-12-29(13-10-19)16-22(25)21-7-8-23(27-26(21)28)30-14-11-20(15-24(30)31)32-17-18-5-3-2-4-6-18;1-29-24-16-6-9-30(10-7-16)14-21(24)20-4-5-22(28-25(20)29)31-11-8-19(12-23(31)32)33-15-18-3-2-17(26)13-27-18;;;;/h2-7,10,13-14,17H,8-9,11-12,15H2,1H3;2-5,8,11-13,16H,6-7,9-10,14-15H2,1H3;2-8,11,14-15,19H,9-10,12-13,16-17H2,1H3;2-5,8,11-13,16H,6-7,9-10,14-15H2,1H3;4*1H4. The minimum absolute atomic E-state index is 0. The Morgan fingerprint density at radius 1 is 0.350 bits per heavy atom. The highest BCUT2D eigenvalue weighted by molar-refractivity contribution is 5.87. The molecule has 4 saturated heterocycles.